The van der Waals surface area contributed by atoms with Crippen LogP contribution in [0.3, 0.4) is 0 Å². The summed E-state index contributed by atoms with van der Waals surface area (Å²) in [4.78, 5) is 25.7. The highest BCUT2D eigenvalue weighted by atomic mass is 79.9. The van der Waals surface area contributed by atoms with Gasteiger partial charge in [-0.2, -0.15) is 0 Å². The molecular formula is C31H33BrO14. The van der Waals surface area contributed by atoms with Crippen molar-refractivity contribution < 1.29 is 67.2 Å². The van der Waals surface area contributed by atoms with Crippen molar-refractivity contribution in [1.82, 2.24) is 0 Å². The fourth-order valence-electron chi connectivity index (χ4n) is 6.96. The zero-order valence-electron chi connectivity index (χ0n) is 25.1. The summed E-state index contributed by atoms with van der Waals surface area (Å²) in [5.41, 5.74) is 1.95. The van der Waals surface area contributed by atoms with Crippen LogP contribution in [0.5, 0.6) is 28.7 Å². The molecule has 0 amide bonds. The zero-order chi connectivity index (χ0) is 32.3. The number of benzene rings is 2. The Balaban J connectivity index is 1.31. The first-order chi connectivity index (χ1) is 22.2. The third-order valence-electron chi connectivity index (χ3n) is 9.05. The number of aliphatic hydroxyl groups is 2. The number of fused-ring (bicyclic) bond motifs is 4. The number of hydrogen-bond acceptors (Lipinski definition) is 14. The second kappa shape index (κ2) is 12.4. The Hall–Kier alpha value is -3.18. The monoisotopic (exact) mass is 708 g/mol. The number of aliphatic hydroxyl groups excluding tert-OH is 2. The maximum absolute atomic E-state index is 13.5. The van der Waals surface area contributed by atoms with Crippen molar-refractivity contribution in [3.63, 3.8) is 0 Å². The summed E-state index contributed by atoms with van der Waals surface area (Å²) in [7, 11) is 2.87. The molecule has 2 aromatic rings. The number of halogens is 1. The van der Waals surface area contributed by atoms with Crippen LogP contribution < -0.4 is 23.7 Å². The molecule has 3 saturated heterocycles. The fraction of sp³-hybridized carbons (Fsp3) is 0.548. The van der Waals surface area contributed by atoms with E-state index >= 15 is 0 Å². The van der Waals surface area contributed by atoms with Crippen molar-refractivity contribution in [2.75, 3.05) is 39.6 Å². The fourth-order valence-corrected chi connectivity index (χ4v) is 7.08. The van der Waals surface area contributed by atoms with E-state index in [1.165, 1.54) is 14.2 Å². The van der Waals surface area contributed by atoms with Crippen LogP contribution in [0.1, 0.15) is 35.6 Å². The minimum absolute atomic E-state index is 0.0106. The van der Waals surface area contributed by atoms with Gasteiger partial charge in [0.1, 0.15) is 29.7 Å². The standard InChI is InChI=1S/C31H33BrO14/c1-12-39-10-21-29(43-12)25(34)26(35)31(44-21)46-27-15-7-18-17(41-11-42-18)6-14(15)23(24-16(27)9-40-30(24)36)13-4-19(37-2)28(20(5-13)38-3)45-22(33)8-32/h4-7,12,16,21,23-27,29,31,34-35H,8-11H2,1-3H3. The Bertz CT molecular complexity index is 1490. The van der Waals surface area contributed by atoms with Gasteiger partial charge in [-0.3, -0.25) is 9.59 Å². The van der Waals surface area contributed by atoms with Crippen molar-refractivity contribution in [2.45, 2.75) is 55.9 Å². The van der Waals surface area contributed by atoms with Gasteiger partial charge in [0.15, 0.2) is 35.6 Å². The summed E-state index contributed by atoms with van der Waals surface area (Å²) in [6.45, 7) is 1.87. The number of hydrogen-bond donors (Lipinski definition) is 2. The number of carbonyl (C=O) groups is 2. The first kappa shape index (κ1) is 31.4. The molecule has 1 aliphatic carbocycles. The summed E-state index contributed by atoms with van der Waals surface area (Å²) in [6, 6.07) is 6.97. The van der Waals surface area contributed by atoms with Crippen LogP contribution in [-0.4, -0.2) is 98.7 Å². The Morgan fingerprint density at radius 2 is 1.65 bits per heavy atom. The normalized spacial score (nSPS) is 34.2. The van der Waals surface area contributed by atoms with Gasteiger partial charge < -0.3 is 57.6 Å². The number of carbonyl (C=O) groups excluding carboxylic acids is 2. The molecule has 10 atom stereocenters. The van der Waals surface area contributed by atoms with E-state index in [4.69, 9.17) is 47.4 Å². The van der Waals surface area contributed by atoms with E-state index in [1.54, 1.807) is 31.2 Å². The molecule has 0 bridgehead atoms. The van der Waals surface area contributed by atoms with Crippen LogP contribution in [0.25, 0.3) is 0 Å². The first-order valence-electron chi connectivity index (χ1n) is 14.8. The number of rotatable bonds is 7. The van der Waals surface area contributed by atoms with Crippen molar-refractivity contribution in [3.05, 3.63) is 41.0 Å². The van der Waals surface area contributed by atoms with E-state index in [1.807, 2.05) is 0 Å². The summed E-state index contributed by atoms with van der Waals surface area (Å²) in [6.07, 6.45) is -6.94. The van der Waals surface area contributed by atoms with Gasteiger partial charge in [-0.25, -0.2) is 0 Å². The molecule has 4 aliphatic heterocycles. The molecule has 0 radical (unpaired) electrons. The summed E-state index contributed by atoms with van der Waals surface area (Å²) in [5, 5.41) is 22.0. The average Bonchev–Trinajstić information content (AvgIpc) is 3.68. The van der Waals surface area contributed by atoms with Gasteiger partial charge in [0.05, 0.1) is 39.5 Å². The maximum Gasteiger partial charge on any atom is 0.322 e. The van der Waals surface area contributed by atoms with E-state index in [2.05, 4.69) is 15.9 Å². The van der Waals surface area contributed by atoms with Crippen LogP contribution >= 0.6 is 15.9 Å². The second-order valence-electron chi connectivity index (χ2n) is 11.6. The first-order valence-corrected chi connectivity index (χ1v) is 15.9. The van der Waals surface area contributed by atoms with Crippen LogP contribution in [0, 0.1) is 11.8 Å². The Labute approximate surface area is 271 Å². The molecule has 4 heterocycles. The number of esters is 2. The number of cyclic esters (lactones) is 1. The predicted octanol–water partition coefficient (Wildman–Crippen LogP) is 1.93. The van der Waals surface area contributed by atoms with Crippen molar-refractivity contribution >= 4 is 27.9 Å². The summed E-state index contributed by atoms with van der Waals surface area (Å²) in [5.74, 6) is -1.42. The Kier molecular flexibility index (Phi) is 8.50. The van der Waals surface area contributed by atoms with Gasteiger partial charge in [-0.1, -0.05) is 15.9 Å². The molecule has 2 N–H and O–H groups in total. The van der Waals surface area contributed by atoms with E-state index in [9.17, 15) is 19.8 Å². The molecule has 5 aliphatic rings. The topological polar surface area (TPSA) is 167 Å². The van der Waals surface area contributed by atoms with E-state index in [0.29, 0.717) is 28.2 Å². The van der Waals surface area contributed by atoms with Crippen LogP contribution in [0.15, 0.2) is 24.3 Å². The smallest absolute Gasteiger partial charge is 0.322 e. The summed E-state index contributed by atoms with van der Waals surface area (Å²) < 4.78 is 57.6. The highest BCUT2D eigenvalue weighted by Crippen LogP contribution is 2.57. The van der Waals surface area contributed by atoms with Gasteiger partial charge in [-0.15, -0.1) is 0 Å². The van der Waals surface area contributed by atoms with Gasteiger partial charge >= 0.3 is 11.9 Å². The van der Waals surface area contributed by atoms with Crippen LogP contribution in [0.4, 0.5) is 0 Å². The third kappa shape index (κ3) is 5.27. The van der Waals surface area contributed by atoms with Crippen molar-refractivity contribution in [2.24, 2.45) is 11.8 Å². The Morgan fingerprint density at radius 1 is 0.957 bits per heavy atom. The molecule has 15 heteroatoms. The predicted molar refractivity (Wildman–Crippen MR) is 156 cm³/mol. The molecule has 0 spiro atoms. The Morgan fingerprint density at radius 3 is 2.33 bits per heavy atom. The van der Waals surface area contributed by atoms with Crippen LogP contribution in [-0.2, 0) is 33.3 Å². The lowest BCUT2D eigenvalue weighted by atomic mass is 9.66. The molecule has 248 valence electrons. The zero-order valence-corrected chi connectivity index (χ0v) is 26.7. The molecule has 7 rings (SSSR count). The quantitative estimate of drug-likeness (QED) is 0.243. The number of methoxy groups -OCH3 is 2. The lowest BCUT2D eigenvalue weighted by molar-refractivity contribution is -0.364. The van der Waals surface area contributed by atoms with Gasteiger partial charge in [0.2, 0.25) is 12.5 Å². The van der Waals surface area contributed by atoms with Crippen molar-refractivity contribution in [1.29, 1.82) is 0 Å². The highest BCUT2D eigenvalue weighted by Gasteiger charge is 2.56. The minimum Gasteiger partial charge on any atom is -0.493 e. The third-order valence-corrected chi connectivity index (χ3v) is 9.51. The summed E-state index contributed by atoms with van der Waals surface area (Å²) >= 11 is 3.10. The van der Waals surface area contributed by atoms with Gasteiger partial charge in [-0.05, 0) is 47.9 Å². The molecule has 0 saturated carbocycles. The molecule has 3 fully saturated rings. The molecule has 2 aromatic carbocycles. The van der Waals surface area contributed by atoms with Crippen LogP contribution in [0.2, 0.25) is 0 Å². The van der Waals surface area contributed by atoms with E-state index in [-0.39, 0.29) is 42.6 Å². The second-order valence-corrected chi connectivity index (χ2v) is 12.1. The molecular weight excluding hydrogens is 676 g/mol. The largest absolute Gasteiger partial charge is 0.493 e. The number of ether oxygens (including phenoxy) is 10. The molecule has 10 unspecified atom stereocenters. The molecule has 0 aromatic heterocycles. The molecule has 14 nitrogen and oxygen atoms in total. The van der Waals surface area contributed by atoms with E-state index in [0.717, 1.165) is 0 Å². The lowest BCUT2D eigenvalue weighted by Crippen LogP contribution is -2.63. The SMILES string of the molecule is COc1cc(C2c3cc4c(cc3C(OC3OC5COC(C)OC5C(O)C3O)C3COC(=O)C23)OCO4)cc(OC)c1OC(=O)CBr. The van der Waals surface area contributed by atoms with Gasteiger partial charge in [0, 0.05) is 11.8 Å². The minimum atomic E-state index is -1.46. The van der Waals surface area contributed by atoms with E-state index < -0.39 is 72.8 Å². The van der Waals surface area contributed by atoms with Gasteiger partial charge in [0.25, 0.3) is 0 Å². The number of alkyl halides is 1. The van der Waals surface area contributed by atoms with Crippen molar-refractivity contribution in [3.8, 4) is 28.7 Å². The average molecular weight is 709 g/mol. The maximum atomic E-state index is 13.5. The molecule has 46 heavy (non-hydrogen) atoms. The highest BCUT2D eigenvalue weighted by molar-refractivity contribution is 9.09. The lowest BCUT2D eigenvalue weighted by Gasteiger charge is -2.47.